The van der Waals surface area contributed by atoms with Gasteiger partial charge in [0, 0.05) is 17.4 Å². The van der Waals surface area contributed by atoms with Gasteiger partial charge in [-0.15, -0.1) is 10.2 Å². The van der Waals surface area contributed by atoms with E-state index in [0.717, 1.165) is 17.5 Å². The van der Waals surface area contributed by atoms with E-state index in [9.17, 15) is 18.0 Å². The van der Waals surface area contributed by atoms with Crippen LogP contribution in [0.25, 0.3) is 10.6 Å². The maximum Gasteiger partial charge on any atom is 0.244 e. The number of Topliss-reactive ketones (excluding diaryl/α,β-unsaturated/α-hetero) is 1. The van der Waals surface area contributed by atoms with Crippen molar-refractivity contribution in [2.24, 2.45) is 22.7 Å². The van der Waals surface area contributed by atoms with Crippen LogP contribution in [0.3, 0.4) is 0 Å². The molecule has 2 aliphatic carbocycles. The second kappa shape index (κ2) is 9.37. The lowest BCUT2D eigenvalue weighted by molar-refractivity contribution is -0.128. The van der Waals surface area contributed by atoms with Gasteiger partial charge in [-0.2, -0.15) is 0 Å². The summed E-state index contributed by atoms with van der Waals surface area (Å²) in [6.45, 7) is 9.74. The molecule has 0 radical (unpaired) electrons. The van der Waals surface area contributed by atoms with Crippen LogP contribution in [-0.2, 0) is 19.6 Å². The fourth-order valence-electron chi connectivity index (χ4n) is 5.68. The van der Waals surface area contributed by atoms with E-state index in [2.05, 4.69) is 20.2 Å². The van der Waals surface area contributed by atoms with E-state index in [0.29, 0.717) is 29.4 Å². The molecule has 0 aliphatic heterocycles. The predicted octanol–water partition coefficient (Wildman–Crippen LogP) is 4.18. The number of carbonyl (C=O) groups excluding carboxylic acids is 2. The fraction of sp³-hybridized carbons (Fsp3) is 0.600. The fourth-order valence-corrected chi connectivity index (χ4v) is 8.56. The van der Waals surface area contributed by atoms with E-state index in [4.69, 9.17) is 0 Å². The van der Waals surface area contributed by atoms with Gasteiger partial charge < -0.3 is 0 Å². The Balaban J connectivity index is 1.51. The Bertz CT molecular complexity index is 1240. The number of carbonyl (C=O) groups is 2. The lowest BCUT2D eigenvalue weighted by Gasteiger charge is -2.36. The normalized spacial score (nSPS) is 24.9. The Morgan fingerprint density at radius 3 is 2.63 bits per heavy atom. The highest BCUT2D eigenvalue weighted by Crippen LogP contribution is 2.64. The van der Waals surface area contributed by atoms with Crippen LogP contribution in [0, 0.1) is 29.6 Å². The standard InChI is InChI=1S/C25H34N4O4S2/c1-6-16(3)20(21(31)26-23-28-27-22(34-23)17-9-7-8-15(2)12-17)29-35(32,33)14-25-11-10-18(13-19(25)30)24(25,4)5/h7-9,12,16,18,20,29H,6,10-11,13-14H2,1-5H3,(H,26,28,31). The van der Waals surface area contributed by atoms with Crippen molar-refractivity contribution < 1.29 is 18.0 Å². The van der Waals surface area contributed by atoms with Crippen LogP contribution in [0.1, 0.15) is 58.9 Å². The quantitative estimate of drug-likeness (QED) is 0.514. The molecule has 2 aliphatic rings. The number of aryl methyl sites for hydroxylation is 1. The zero-order valence-corrected chi connectivity index (χ0v) is 22.6. The Morgan fingerprint density at radius 2 is 2.03 bits per heavy atom. The average molecular weight is 519 g/mol. The zero-order valence-electron chi connectivity index (χ0n) is 20.9. The molecule has 4 atom stereocenters. The molecule has 4 unspecified atom stereocenters. The summed E-state index contributed by atoms with van der Waals surface area (Å²) in [5, 5.41) is 12.0. The van der Waals surface area contributed by atoms with E-state index < -0.39 is 27.4 Å². The minimum Gasteiger partial charge on any atom is -0.299 e. The number of nitrogens with zero attached hydrogens (tertiary/aromatic N) is 2. The Morgan fingerprint density at radius 1 is 1.29 bits per heavy atom. The highest BCUT2D eigenvalue weighted by atomic mass is 32.2. The lowest BCUT2D eigenvalue weighted by Crippen LogP contribution is -2.52. The second-order valence-corrected chi connectivity index (χ2v) is 13.4. The Labute approximate surface area is 211 Å². The molecule has 1 aromatic heterocycles. The van der Waals surface area contributed by atoms with Crippen molar-refractivity contribution >= 4 is 38.2 Å². The van der Waals surface area contributed by atoms with Crippen LogP contribution < -0.4 is 10.0 Å². The molecule has 4 rings (SSSR count). The van der Waals surface area contributed by atoms with Crippen LogP contribution in [0.15, 0.2) is 24.3 Å². The van der Waals surface area contributed by atoms with Gasteiger partial charge in [0.1, 0.15) is 16.8 Å². The number of hydrogen-bond donors (Lipinski definition) is 2. The van der Waals surface area contributed by atoms with Crippen molar-refractivity contribution in [2.75, 3.05) is 11.1 Å². The summed E-state index contributed by atoms with van der Waals surface area (Å²) in [5.41, 5.74) is 0.736. The molecular weight excluding hydrogens is 484 g/mol. The summed E-state index contributed by atoms with van der Waals surface area (Å²) in [6.07, 6.45) is 2.49. The monoisotopic (exact) mass is 518 g/mol. The number of nitrogens with one attached hydrogen (secondary N) is 2. The number of sulfonamides is 1. The number of ketones is 1. The lowest BCUT2D eigenvalue weighted by atomic mass is 9.70. The van der Waals surface area contributed by atoms with E-state index in [1.54, 1.807) is 0 Å². The number of fused-ring (bicyclic) bond motifs is 2. The first-order valence-electron chi connectivity index (χ1n) is 12.1. The molecule has 1 amide bonds. The van der Waals surface area contributed by atoms with E-state index >= 15 is 0 Å². The van der Waals surface area contributed by atoms with Crippen molar-refractivity contribution in [3.63, 3.8) is 0 Å². The van der Waals surface area contributed by atoms with Gasteiger partial charge in [0.2, 0.25) is 21.1 Å². The Hall–Kier alpha value is -2.17. The molecule has 2 fully saturated rings. The predicted molar refractivity (Wildman–Crippen MR) is 137 cm³/mol. The van der Waals surface area contributed by atoms with Crippen molar-refractivity contribution in [3.05, 3.63) is 29.8 Å². The van der Waals surface area contributed by atoms with Gasteiger partial charge in [0.15, 0.2) is 0 Å². The number of amides is 1. The van der Waals surface area contributed by atoms with Crippen LogP contribution in [-0.4, -0.2) is 42.1 Å². The molecule has 10 heteroatoms. The molecule has 2 N–H and O–H groups in total. The van der Waals surface area contributed by atoms with Gasteiger partial charge in [-0.05, 0) is 43.1 Å². The summed E-state index contributed by atoms with van der Waals surface area (Å²) in [7, 11) is -3.91. The van der Waals surface area contributed by atoms with E-state index in [1.165, 1.54) is 11.3 Å². The van der Waals surface area contributed by atoms with Gasteiger partial charge >= 0.3 is 0 Å². The SMILES string of the molecule is CCC(C)C(NS(=O)(=O)CC12CCC(CC1=O)C2(C)C)C(=O)Nc1nnc(-c2cccc(C)c2)s1. The third-order valence-electron chi connectivity index (χ3n) is 8.30. The highest BCUT2D eigenvalue weighted by Gasteiger charge is 2.65. The number of anilines is 1. The largest absolute Gasteiger partial charge is 0.299 e. The van der Waals surface area contributed by atoms with Crippen molar-refractivity contribution in [1.29, 1.82) is 0 Å². The maximum atomic E-state index is 13.3. The number of rotatable bonds is 9. The summed E-state index contributed by atoms with van der Waals surface area (Å²) in [6, 6.07) is 6.85. The van der Waals surface area contributed by atoms with Gasteiger partial charge in [0.25, 0.3) is 0 Å². The molecule has 1 heterocycles. The first kappa shape index (κ1) is 25.9. The molecule has 2 bridgehead atoms. The van der Waals surface area contributed by atoms with E-state index in [-0.39, 0.29) is 28.8 Å². The molecular formula is C25H34N4O4S2. The number of aromatic nitrogens is 2. The van der Waals surface area contributed by atoms with Crippen LogP contribution >= 0.6 is 11.3 Å². The summed E-state index contributed by atoms with van der Waals surface area (Å²) >= 11 is 1.24. The first-order valence-corrected chi connectivity index (χ1v) is 14.6. The Kier molecular flexibility index (Phi) is 6.93. The molecule has 0 spiro atoms. The van der Waals surface area contributed by atoms with Gasteiger partial charge in [-0.25, -0.2) is 13.1 Å². The summed E-state index contributed by atoms with van der Waals surface area (Å²) < 4.78 is 29.3. The summed E-state index contributed by atoms with van der Waals surface area (Å²) in [5.74, 6) is -0.757. The molecule has 2 saturated carbocycles. The van der Waals surface area contributed by atoms with Crippen molar-refractivity contribution in [2.45, 2.75) is 66.3 Å². The van der Waals surface area contributed by atoms with Crippen molar-refractivity contribution in [1.82, 2.24) is 14.9 Å². The molecule has 1 aromatic carbocycles. The highest BCUT2D eigenvalue weighted by molar-refractivity contribution is 7.89. The molecule has 8 nitrogen and oxygen atoms in total. The topological polar surface area (TPSA) is 118 Å². The maximum absolute atomic E-state index is 13.3. The molecule has 2 aromatic rings. The van der Waals surface area contributed by atoms with Crippen LogP contribution in [0.2, 0.25) is 0 Å². The molecule has 35 heavy (non-hydrogen) atoms. The average Bonchev–Trinajstić information content (AvgIpc) is 3.40. The number of hydrogen-bond acceptors (Lipinski definition) is 7. The van der Waals surface area contributed by atoms with Gasteiger partial charge in [-0.1, -0.05) is 69.2 Å². The third-order valence-corrected chi connectivity index (χ3v) is 10.7. The minimum atomic E-state index is -3.91. The summed E-state index contributed by atoms with van der Waals surface area (Å²) in [4.78, 5) is 26.1. The smallest absolute Gasteiger partial charge is 0.244 e. The molecule has 190 valence electrons. The number of benzene rings is 1. The minimum absolute atomic E-state index is 0.0335. The van der Waals surface area contributed by atoms with Crippen LogP contribution in [0.4, 0.5) is 5.13 Å². The molecule has 0 saturated heterocycles. The van der Waals surface area contributed by atoms with Crippen molar-refractivity contribution in [3.8, 4) is 10.6 Å². The van der Waals surface area contributed by atoms with Crippen LogP contribution in [0.5, 0.6) is 0 Å². The zero-order chi connectivity index (χ0) is 25.6. The third kappa shape index (κ3) is 4.80. The van der Waals surface area contributed by atoms with Gasteiger partial charge in [-0.3, -0.25) is 14.9 Å². The second-order valence-electron chi connectivity index (χ2n) is 10.7. The van der Waals surface area contributed by atoms with Gasteiger partial charge in [0.05, 0.1) is 5.75 Å². The van der Waals surface area contributed by atoms with E-state index in [1.807, 2.05) is 58.9 Å². The first-order chi connectivity index (χ1) is 16.4.